The summed E-state index contributed by atoms with van der Waals surface area (Å²) < 4.78 is 62.2. The number of imidazole rings is 1. The molecular formula is C27H31F4N5O2. The predicted octanol–water partition coefficient (Wildman–Crippen LogP) is 4.57. The highest BCUT2D eigenvalue weighted by molar-refractivity contribution is 6.04. The zero-order valence-corrected chi connectivity index (χ0v) is 21.2. The highest BCUT2D eigenvalue weighted by Crippen LogP contribution is 2.32. The first-order chi connectivity index (χ1) is 18.1. The number of amides is 1. The molecule has 1 aromatic heterocycles. The SMILES string of the molecule is CN1CCN(Cc2ccc3c(c2)nc(NC(=O)c2cccc(C(F)(F)F)c2)n3CC2(F)CCOCC2)CC1. The van der Waals surface area contributed by atoms with Gasteiger partial charge < -0.3 is 14.2 Å². The van der Waals surface area contributed by atoms with Crippen molar-refractivity contribution in [3.8, 4) is 0 Å². The molecule has 2 saturated heterocycles. The number of benzene rings is 2. The summed E-state index contributed by atoms with van der Waals surface area (Å²) in [6.07, 6.45) is -4.17. The van der Waals surface area contributed by atoms with Gasteiger partial charge in [-0.05, 0) is 42.9 Å². The number of hydrogen-bond donors (Lipinski definition) is 1. The minimum Gasteiger partial charge on any atom is -0.381 e. The largest absolute Gasteiger partial charge is 0.416 e. The van der Waals surface area contributed by atoms with Crippen LogP contribution in [0.3, 0.4) is 0 Å². The van der Waals surface area contributed by atoms with Gasteiger partial charge in [-0.25, -0.2) is 9.37 Å². The van der Waals surface area contributed by atoms with Crippen molar-refractivity contribution >= 4 is 22.9 Å². The number of carbonyl (C=O) groups excluding carboxylic acids is 1. The first-order valence-electron chi connectivity index (χ1n) is 12.8. The van der Waals surface area contributed by atoms with Gasteiger partial charge in [0.15, 0.2) is 0 Å². The lowest BCUT2D eigenvalue weighted by Crippen LogP contribution is -2.43. The normalized spacial score (nSPS) is 19.1. The quantitative estimate of drug-likeness (QED) is 0.471. The number of nitrogens with one attached hydrogen (secondary N) is 1. The standard InChI is InChI=1S/C27H31F4N5O2/c1-34-9-11-35(12-10-34)17-19-5-6-23-22(15-19)32-25(36(23)18-26(28)7-13-38-14-8-26)33-24(37)20-3-2-4-21(16-20)27(29,30)31/h2-6,15-16H,7-14,17-18H2,1H3,(H,32,33,37). The summed E-state index contributed by atoms with van der Waals surface area (Å²) in [6.45, 7) is 5.17. The second-order valence-electron chi connectivity index (χ2n) is 10.2. The van der Waals surface area contributed by atoms with Crippen LogP contribution in [0.25, 0.3) is 11.0 Å². The van der Waals surface area contributed by atoms with Crippen LogP contribution >= 0.6 is 0 Å². The van der Waals surface area contributed by atoms with Gasteiger partial charge in [-0.2, -0.15) is 13.2 Å². The molecule has 3 heterocycles. The van der Waals surface area contributed by atoms with Gasteiger partial charge in [-0.1, -0.05) is 12.1 Å². The summed E-state index contributed by atoms with van der Waals surface area (Å²) in [7, 11) is 2.10. The molecule has 11 heteroatoms. The van der Waals surface area contributed by atoms with E-state index in [2.05, 4.69) is 27.1 Å². The van der Waals surface area contributed by atoms with Gasteiger partial charge in [0, 0.05) is 64.3 Å². The molecule has 0 aliphatic carbocycles. The molecule has 0 bridgehead atoms. The second-order valence-corrected chi connectivity index (χ2v) is 10.2. The van der Waals surface area contributed by atoms with Crippen LogP contribution in [0, 0.1) is 0 Å². The van der Waals surface area contributed by atoms with Gasteiger partial charge in [0.25, 0.3) is 5.91 Å². The lowest BCUT2D eigenvalue weighted by molar-refractivity contribution is -0.137. The third-order valence-corrected chi connectivity index (χ3v) is 7.32. The highest BCUT2D eigenvalue weighted by atomic mass is 19.4. The van der Waals surface area contributed by atoms with Crippen LogP contribution in [0.4, 0.5) is 23.5 Å². The first-order valence-corrected chi connectivity index (χ1v) is 12.8. The summed E-state index contributed by atoms with van der Waals surface area (Å²) >= 11 is 0. The van der Waals surface area contributed by atoms with Crippen molar-refractivity contribution in [2.75, 3.05) is 51.8 Å². The Bertz CT molecular complexity index is 1290. The van der Waals surface area contributed by atoms with Crippen molar-refractivity contribution < 1.29 is 27.1 Å². The summed E-state index contributed by atoms with van der Waals surface area (Å²) in [5.74, 6) is -0.645. The summed E-state index contributed by atoms with van der Waals surface area (Å²) in [4.78, 5) is 22.2. The smallest absolute Gasteiger partial charge is 0.381 e. The number of fused-ring (bicyclic) bond motifs is 1. The molecule has 0 saturated carbocycles. The molecule has 204 valence electrons. The van der Waals surface area contributed by atoms with Crippen LogP contribution in [0.15, 0.2) is 42.5 Å². The van der Waals surface area contributed by atoms with Crippen LogP contribution in [-0.4, -0.2) is 77.4 Å². The Morgan fingerprint density at radius 2 is 1.82 bits per heavy atom. The molecule has 2 fully saturated rings. The molecule has 2 aromatic carbocycles. The molecule has 1 N–H and O–H groups in total. The Hall–Kier alpha value is -3.02. The van der Waals surface area contributed by atoms with E-state index in [1.165, 1.54) is 12.1 Å². The number of ether oxygens (including phenoxy) is 1. The van der Waals surface area contributed by atoms with E-state index in [0.29, 0.717) is 24.2 Å². The summed E-state index contributed by atoms with van der Waals surface area (Å²) in [5, 5.41) is 2.64. The van der Waals surface area contributed by atoms with Crippen molar-refractivity contribution in [2.45, 2.75) is 37.8 Å². The maximum atomic E-state index is 15.7. The van der Waals surface area contributed by atoms with Crippen molar-refractivity contribution in [1.82, 2.24) is 19.4 Å². The van der Waals surface area contributed by atoms with Crippen molar-refractivity contribution in [1.29, 1.82) is 0 Å². The van der Waals surface area contributed by atoms with Gasteiger partial charge in [0.05, 0.1) is 23.1 Å². The van der Waals surface area contributed by atoms with Crippen LogP contribution in [0.2, 0.25) is 0 Å². The fraction of sp³-hybridized carbons (Fsp3) is 0.481. The van der Waals surface area contributed by atoms with Gasteiger partial charge in [0.2, 0.25) is 5.95 Å². The lowest BCUT2D eigenvalue weighted by atomic mass is 9.96. The average Bonchev–Trinajstić information content (AvgIpc) is 3.20. The van der Waals surface area contributed by atoms with Gasteiger partial charge in [-0.3, -0.25) is 15.0 Å². The third kappa shape index (κ3) is 6.00. The fourth-order valence-corrected chi connectivity index (χ4v) is 4.98. The Balaban J connectivity index is 1.45. The number of piperazine rings is 1. The zero-order chi connectivity index (χ0) is 26.9. The number of rotatable bonds is 6. The van der Waals surface area contributed by atoms with E-state index in [1.54, 1.807) is 4.57 Å². The first kappa shape index (κ1) is 26.6. The molecule has 0 radical (unpaired) electrons. The van der Waals surface area contributed by atoms with Gasteiger partial charge >= 0.3 is 6.18 Å². The fourth-order valence-electron chi connectivity index (χ4n) is 4.98. The summed E-state index contributed by atoms with van der Waals surface area (Å²) in [6, 6.07) is 9.98. The minimum absolute atomic E-state index is 0.0527. The van der Waals surface area contributed by atoms with Crippen LogP contribution in [0.5, 0.6) is 0 Å². The maximum absolute atomic E-state index is 15.7. The third-order valence-electron chi connectivity index (χ3n) is 7.32. The molecule has 0 spiro atoms. The molecule has 5 rings (SSSR count). The van der Waals surface area contributed by atoms with E-state index in [0.717, 1.165) is 50.4 Å². The molecule has 7 nitrogen and oxygen atoms in total. The van der Waals surface area contributed by atoms with Gasteiger partial charge in [-0.15, -0.1) is 0 Å². The Morgan fingerprint density at radius 1 is 1.08 bits per heavy atom. The van der Waals surface area contributed by atoms with Gasteiger partial charge in [0.1, 0.15) is 5.67 Å². The van der Waals surface area contributed by atoms with E-state index < -0.39 is 23.3 Å². The molecule has 2 aliphatic heterocycles. The summed E-state index contributed by atoms with van der Waals surface area (Å²) in [5.41, 5.74) is -0.350. The number of alkyl halides is 4. The number of likely N-dealkylation sites (N-methyl/N-ethyl adjacent to an activating group) is 1. The maximum Gasteiger partial charge on any atom is 0.416 e. The Labute approximate surface area is 218 Å². The average molecular weight is 534 g/mol. The van der Waals surface area contributed by atoms with E-state index in [-0.39, 0.29) is 30.9 Å². The molecule has 38 heavy (non-hydrogen) atoms. The number of carbonyl (C=O) groups is 1. The molecule has 0 atom stereocenters. The molecule has 0 unspecified atom stereocenters. The van der Waals surface area contributed by atoms with Crippen LogP contribution in [0.1, 0.15) is 34.3 Å². The number of hydrogen-bond acceptors (Lipinski definition) is 5. The Morgan fingerprint density at radius 3 is 2.53 bits per heavy atom. The topological polar surface area (TPSA) is 62.6 Å². The van der Waals surface area contributed by atoms with Crippen molar-refractivity contribution in [3.63, 3.8) is 0 Å². The minimum atomic E-state index is -4.58. The predicted molar refractivity (Wildman–Crippen MR) is 136 cm³/mol. The zero-order valence-electron chi connectivity index (χ0n) is 21.2. The van der Waals surface area contributed by atoms with Crippen molar-refractivity contribution in [2.24, 2.45) is 0 Å². The Kier molecular flexibility index (Phi) is 7.43. The van der Waals surface area contributed by atoms with Crippen molar-refractivity contribution in [3.05, 3.63) is 59.2 Å². The molecular weight excluding hydrogens is 502 g/mol. The number of anilines is 1. The lowest BCUT2D eigenvalue weighted by Gasteiger charge is -2.32. The number of nitrogens with zero attached hydrogens (tertiary/aromatic N) is 4. The highest BCUT2D eigenvalue weighted by Gasteiger charge is 2.35. The molecule has 1 amide bonds. The van der Waals surface area contributed by atoms with Crippen LogP contribution < -0.4 is 5.32 Å². The van der Waals surface area contributed by atoms with Crippen LogP contribution in [-0.2, 0) is 24.0 Å². The molecule has 2 aliphatic rings. The van der Waals surface area contributed by atoms with E-state index in [4.69, 9.17) is 4.74 Å². The number of aromatic nitrogens is 2. The molecule has 3 aromatic rings. The van der Waals surface area contributed by atoms with E-state index >= 15 is 4.39 Å². The second kappa shape index (κ2) is 10.6. The van der Waals surface area contributed by atoms with E-state index in [9.17, 15) is 18.0 Å². The monoisotopic (exact) mass is 533 g/mol. The number of halogens is 4. The van der Waals surface area contributed by atoms with E-state index in [1.807, 2.05) is 18.2 Å².